The molecule has 0 bridgehead atoms. The lowest BCUT2D eigenvalue weighted by atomic mass is 10.1. The highest BCUT2D eigenvalue weighted by atomic mass is 79.9. The SMILES string of the molecule is Cc1c(Br)cccc1-c1nc2cc(CN3CCCC3)cc(C#N)c2o1. The maximum absolute atomic E-state index is 9.54. The van der Waals surface area contributed by atoms with Gasteiger partial charge in [0.05, 0.1) is 5.56 Å². The van der Waals surface area contributed by atoms with Crippen LogP contribution in [0.3, 0.4) is 0 Å². The fourth-order valence-corrected chi connectivity index (χ4v) is 3.78. The molecular weight excluding hydrogens is 378 g/mol. The van der Waals surface area contributed by atoms with Gasteiger partial charge in [0.25, 0.3) is 0 Å². The largest absolute Gasteiger partial charge is 0.435 e. The molecule has 5 heteroatoms. The molecule has 0 N–H and O–H groups in total. The van der Waals surface area contributed by atoms with Gasteiger partial charge >= 0.3 is 0 Å². The number of nitriles is 1. The minimum absolute atomic E-state index is 0.554. The molecule has 2 heterocycles. The predicted octanol–water partition coefficient (Wildman–Crippen LogP) is 5.03. The number of oxazole rings is 1. The van der Waals surface area contributed by atoms with Crippen LogP contribution in [0.15, 0.2) is 39.2 Å². The third-order valence-corrected chi connectivity index (χ3v) is 5.63. The first kappa shape index (κ1) is 16.3. The van der Waals surface area contributed by atoms with E-state index in [1.54, 1.807) is 0 Å². The molecule has 0 radical (unpaired) electrons. The summed E-state index contributed by atoms with van der Waals surface area (Å²) < 4.78 is 6.99. The van der Waals surface area contributed by atoms with Crippen molar-refractivity contribution in [1.29, 1.82) is 5.26 Å². The molecular formula is C20H18BrN3O. The van der Waals surface area contributed by atoms with Gasteiger partial charge in [-0.25, -0.2) is 4.98 Å². The van der Waals surface area contributed by atoms with E-state index in [-0.39, 0.29) is 0 Å². The predicted molar refractivity (Wildman–Crippen MR) is 101 cm³/mol. The summed E-state index contributed by atoms with van der Waals surface area (Å²) in [4.78, 5) is 7.09. The number of aromatic nitrogens is 1. The van der Waals surface area contributed by atoms with Crippen LogP contribution < -0.4 is 0 Å². The molecule has 0 aliphatic carbocycles. The van der Waals surface area contributed by atoms with Gasteiger partial charge in [-0.1, -0.05) is 22.0 Å². The summed E-state index contributed by atoms with van der Waals surface area (Å²) in [5.41, 5.74) is 5.01. The molecule has 25 heavy (non-hydrogen) atoms. The second kappa shape index (κ2) is 6.62. The fraction of sp³-hybridized carbons (Fsp3) is 0.300. The van der Waals surface area contributed by atoms with Crippen LogP contribution in [-0.4, -0.2) is 23.0 Å². The zero-order chi connectivity index (χ0) is 17.4. The van der Waals surface area contributed by atoms with E-state index in [0.29, 0.717) is 17.0 Å². The highest BCUT2D eigenvalue weighted by Gasteiger charge is 2.17. The average molecular weight is 396 g/mol. The number of likely N-dealkylation sites (tertiary alicyclic amines) is 1. The molecule has 4 nitrogen and oxygen atoms in total. The molecule has 0 spiro atoms. The summed E-state index contributed by atoms with van der Waals surface area (Å²) in [6, 6.07) is 12.2. The number of hydrogen-bond acceptors (Lipinski definition) is 4. The van der Waals surface area contributed by atoms with Crippen molar-refractivity contribution in [3.05, 3.63) is 51.5 Å². The van der Waals surface area contributed by atoms with Crippen molar-refractivity contribution in [2.24, 2.45) is 0 Å². The van der Waals surface area contributed by atoms with E-state index in [1.165, 1.54) is 12.8 Å². The molecule has 0 atom stereocenters. The van der Waals surface area contributed by atoms with Crippen molar-refractivity contribution < 1.29 is 4.42 Å². The number of nitrogens with zero attached hydrogens (tertiary/aromatic N) is 3. The monoisotopic (exact) mass is 395 g/mol. The van der Waals surface area contributed by atoms with Gasteiger partial charge in [0, 0.05) is 16.6 Å². The van der Waals surface area contributed by atoms with E-state index in [2.05, 4.69) is 37.9 Å². The van der Waals surface area contributed by atoms with Crippen molar-refractivity contribution in [3.63, 3.8) is 0 Å². The van der Waals surface area contributed by atoms with Crippen molar-refractivity contribution in [3.8, 4) is 17.5 Å². The lowest BCUT2D eigenvalue weighted by Gasteiger charge is -2.14. The quantitative estimate of drug-likeness (QED) is 0.623. The minimum Gasteiger partial charge on any atom is -0.435 e. The molecule has 1 fully saturated rings. The second-order valence-corrected chi connectivity index (χ2v) is 7.37. The number of fused-ring (bicyclic) bond motifs is 1. The Hall–Kier alpha value is -2.16. The second-order valence-electron chi connectivity index (χ2n) is 6.52. The maximum atomic E-state index is 9.54. The van der Waals surface area contributed by atoms with Gasteiger partial charge in [-0.05, 0) is 68.2 Å². The molecule has 3 aromatic rings. The van der Waals surface area contributed by atoms with Crippen LogP contribution in [0.4, 0.5) is 0 Å². The molecule has 1 aliphatic heterocycles. The van der Waals surface area contributed by atoms with Gasteiger partial charge in [0.15, 0.2) is 5.58 Å². The van der Waals surface area contributed by atoms with Crippen LogP contribution in [0.25, 0.3) is 22.6 Å². The standard InChI is InChI=1S/C20H18BrN3O/c1-13-16(5-4-6-17(13)21)20-23-18-10-14(12-24-7-2-3-8-24)9-15(11-22)19(18)25-20/h4-6,9-10H,2-3,7-8,12H2,1H3. The zero-order valence-electron chi connectivity index (χ0n) is 14.1. The van der Waals surface area contributed by atoms with E-state index in [0.717, 1.165) is 46.3 Å². The van der Waals surface area contributed by atoms with E-state index in [1.807, 2.05) is 31.2 Å². The van der Waals surface area contributed by atoms with Crippen molar-refractivity contribution in [2.75, 3.05) is 13.1 Å². The van der Waals surface area contributed by atoms with Gasteiger partial charge in [-0.2, -0.15) is 5.26 Å². The topological polar surface area (TPSA) is 53.1 Å². The summed E-state index contributed by atoms with van der Waals surface area (Å²) >= 11 is 3.55. The van der Waals surface area contributed by atoms with Crippen LogP contribution in [0, 0.1) is 18.3 Å². The van der Waals surface area contributed by atoms with E-state index < -0.39 is 0 Å². The lowest BCUT2D eigenvalue weighted by molar-refractivity contribution is 0.331. The summed E-state index contributed by atoms with van der Waals surface area (Å²) in [6.45, 7) is 5.14. The molecule has 126 valence electrons. The molecule has 1 aromatic heterocycles. The van der Waals surface area contributed by atoms with Crippen LogP contribution in [0.1, 0.15) is 29.5 Å². The average Bonchev–Trinajstić information content (AvgIpc) is 3.26. The van der Waals surface area contributed by atoms with E-state index >= 15 is 0 Å². The van der Waals surface area contributed by atoms with E-state index in [9.17, 15) is 5.26 Å². The Kier molecular flexibility index (Phi) is 4.32. The van der Waals surface area contributed by atoms with Crippen LogP contribution >= 0.6 is 15.9 Å². The first-order valence-electron chi connectivity index (χ1n) is 8.47. The number of hydrogen-bond donors (Lipinski definition) is 0. The number of halogens is 1. The van der Waals surface area contributed by atoms with Gasteiger partial charge in [-0.15, -0.1) is 0 Å². The van der Waals surface area contributed by atoms with Crippen molar-refractivity contribution >= 4 is 27.0 Å². The Morgan fingerprint density at radius 2 is 2.08 bits per heavy atom. The van der Waals surface area contributed by atoms with Gasteiger partial charge < -0.3 is 4.42 Å². The van der Waals surface area contributed by atoms with E-state index in [4.69, 9.17) is 4.42 Å². The molecule has 2 aromatic carbocycles. The first-order valence-corrected chi connectivity index (χ1v) is 9.26. The minimum atomic E-state index is 0.554. The third-order valence-electron chi connectivity index (χ3n) is 4.77. The van der Waals surface area contributed by atoms with Gasteiger partial charge in [-0.3, -0.25) is 4.90 Å². The van der Waals surface area contributed by atoms with Crippen LogP contribution in [0.5, 0.6) is 0 Å². The van der Waals surface area contributed by atoms with Crippen LogP contribution in [0.2, 0.25) is 0 Å². The van der Waals surface area contributed by atoms with Crippen molar-refractivity contribution in [2.45, 2.75) is 26.3 Å². The third kappa shape index (κ3) is 3.08. The maximum Gasteiger partial charge on any atom is 0.227 e. The van der Waals surface area contributed by atoms with Gasteiger partial charge in [0.2, 0.25) is 5.89 Å². The summed E-state index contributed by atoms with van der Waals surface area (Å²) in [5, 5.41) is 9.54. The fourth-order valence-electron chi connectivity index (χ4n) is 3.42. The Labute approximate surface area is 155 Å². The van der Waals surface area contributed by atoms with Crippen molar-refractivity contribution in [1.82, 2.24) is 9.88 Å². The molecule has 0 amide bonds. The Balaban J connectivity index is 1.79. The molecule has 0 unspecified atom stereocenters. The molecule has 0 saturated carbocycles. The zero-order valence-corrected chi connectivity index (χ0v) is 15.6. The molecule has 1 saturated heterocycles. The smallest absolute Gasteiger partial charge is 0.227 e. The summed E-state index contributed by atoms with van der Waals surface area (Å²) in [5.74, 6) is 0.559. The number of benzene rings is 2. The first-order chi connectivity index (χ1) is 12.2. The number of rotatable bonds is 3. The highest BCUT2D eigenvalue weighted by Crippen LogP contribution is 2.32. The Bertz CT molecular complexity index is 981. The molecule has 1 aliphatic rings. The van der Waals surface area contributed by atoms with Gasteiger partial charge in [0.1, 0.15) is 11.6 Å². The van der Waals surface area contributed by atoms with Crippen LogP contribution in [-0.2, 0) is 6.54 Å². The molecule has 4 rings (SSSR count). The lowest BCUT2D eigenvalue weighted by Crippen LogP contribution is -2.18. The summed E-state index contributed by atoms with van der Waals surface area (Å²) in [7, 11) is 0. The summed E-state index contributed by atoms with van der Waals surface area (Å²) in [6.07, 6.45) is 2.51. The Morgan fingerprint density at radius 1 is 1.28 bits per heavy atom. The Morgan fingerprint density at radius 3 is 2.84 bits per heavy atom. The normalized spacial score (nSPS) is 14.9. The highest BCUT2D eigenvalue weighted by molar-refractivity contribution is 9.10.